The zero-order valence-corrected chi connectivity index (χ0v) is 12.9. The molecule has 0 amide bonds. The molecule has 0 radical (unpaired) electrons. The highest BCUT2D eigenvalue weighted by molar-refractivity contribution is 5.48. The van der Waals surface area contributed by atoms with Crippen molar-refractivity contribution in [3.05, 3.63) is 65.6 Å². The molecule has 2 aromatic heterocycles. The SMILES string of the molecule is Cc1c(CCO)nc2cc(O[C@H](C)c3ccccc3)ccn12. The highest BCUT2D eigenvalue weighted by Crippen LogP contribution is 2.23. The van der Waals surface area contributed by atoms with Crippen molar-refractivity contribution in [1.82, 2.24) is 9.38 Å². The van der Waals surface area contributed by atoms with E-state index < -0.39 is 0 Å². The number of aryl methyl sites for hydroxylation is 1. The van der Waals surface area contributed by atoms with Gasteiger partial charge in [-0.25, -0.2) is 4.98 Å². The third-order valence-electron chi connectivity index (χ3n) is 3.87. The maximum Gasteiger partial charge on any atom is 0.140 e. The summed E-state index contributed by atoms with van der Waals surface area (Å²) in [5.74, 6) is 0.796. The molecule has 1 aromatic carbocycles. The molecule has 1 atom stereocenters. The van der Waals surface area contributed by atoms with Crippen LogP contribution in [0.25, 0.3) is 5.65 Å². The summed E-state index contributed by atoms with van der Waals surface area (Å²) in [6.45, 7) is 4.16. The molecule has 3 rings (SSSR count). The van der Waals surface area contributed by atoms with Gasteiger partial charge in [0, 0.05) is 31.0 Å². The van der Waals surface area contributed by atoms with Crippen LogP contribution in [0, 0.1) is 6.92 Å². The summed E-state index contributed by atoms with van der Waals surface area (Å²) in [6, 6.07) is 14.0. The van der Waals surface area contributed by atoms with E-state index in [1.54, 1.807) is 0 Å². The first-order valence-electron chi connectivity index (χ1n) is 7.49. The van der Waals surface area contributed by atoms with Crippen LogP contribution in [0.15, 0.2) is 48.7 Å². The second kappa shape index (κ2) is 6.20. The Bertz CT molecular complexity index is 765. The Kier molecular flexibility index (Phi) is 4.11. The molecule has 1 N–H and O–H groups in total. The monoisotopic (exact) mass is 296 g/mol. The van der Waals surface area contributed by atoms with E-state index in [0.717, 1.165) is 28.3 Å². The van der Waals surface area contributed by atoms with E-state index in [9.17, 15) is 0 Å². The van der Waals surface area contributed by atoms with Crippen LogP contribution in [-0.4, -0.2) is 21.1 Å². The van der Waals surface area contributed by atoms with Gasteiger partial charge in [-0.05, 0) is 25.5 Å². The number of aliphatic hydroxyl groups excluding tert-OH is 1. The molecule has 2 heterocycles. The fourth-order valence-corrected chi connectivity index (χ4v) is 2.61. The molecule has 114 valence electrons. The lowest BCUT2D eigenvalue weighted by atomic mass is 10.1. The maximum atomic E-state index is 9.09. The van der Waals surface area contributed by atoms with Crippen molar-refractivity contribution in [2.24, 2.45) is 0 Å². The number of imidazole rings is 1. The van der Waals surface area contributed by atoms with E-state index >= 15 is 0 Å². The summed E-state index contributed by atoms with van der Waals surface area (Å²) in [4.78, 5) is 4.57. The zero-order valence-electron chi connectivity index (χ0n) is 12.9. The smallest absolute Gasteiger partial charge is 0.140 e. The van der Waals surface area contributed by atoms with Gasteiger partial charge >= 0.3 is 0 Å². The van der Waals surface area contributed by atoms with Gasteiger partial charge in [0.15, 0.2) is 0 Å². The van der Waals surface area contributed by atoms with Gasteiger partial charge < -0.3 is 14.2 Å². The number of pyridine rings is 1. The molecule has 22 heavy (non-hydrogen) atoms. The summed E-state index contributed by atoms with van der Waals surface area (Å²) in [5.41, 5.74) is 3.98. The van der Waals surface area contributed by atoms with Crippen LogP contribution in [0.5, 0.6) is 5.75 Å². The van der Waals surface area contributed by atoms with Crippen molar-refractivity contribution < 1.29 is 9.84 Å². The van der Waals surface area contributed by atoms with E-state index in [4.69, 9.17) is 9.84 Å². The van der Waals surface area contributed by atoms with Gasteiger partial charge in [0.2, 0.25) is 0 Å². The van der Waals surface area contributed by atoms with E-state index in [2.05, 4.69) is 17.1 Å². The maximum absolute atomic E-state index is 9.09. The van der Waals surface area contributed by atoms with Crippen LogP contribution >= 0.6 is 0 Å². The minimum atomic E-state index is -0.0170. The summed E-state index contributed by atoms with van der Waals surface area (Å²) in [5, 5.41) is 9.09. The molecule has 0 bridgehead atoms. The largest absolute Gasteiger partial charge is 0.486 e. The van der Waals surface area contributed by atoms with Gasteiger partial charge in [-0.3, -0.25) is 0 Å². The average Bonchev–Trinajstić information content (AvgIpc) is 2.84. The molecule has 3 aromatic rings. The lowest BCUT2D eigenvalue weighted by molar-refractivity contribution is 0.227. The summed E-state index contributed by atoms with van der Waals surface area (Å²) in [6.07, 6.45) is 2.52. The molecule has 0 aliphatic heterocycles. The van der Waals surface area contributed by atoms with Crippen molar-refractivity contribution in [1.29, 1.82) is 0 Å². The quantitative estimate of drug-likeness (QED) is 0.785. The second-order valence-corrected chi connectivity index (χ2v) is 5.38. The van der Waals surface area contributed by atoms with Crippen LogP contribution in [0.4, 0.5) is 0 Å². The third kappa shape index (κ3) is 2.83. The number of hydrogen-bond donors (Lipinski definition) is 1. The molecule has 0 aliphatic rings. The first-order valence-corrected chi connectivity index (χ1v) is 7.49. The van der Waals surface area contributed by atoms with E-state index in [-0.39, 0.29) is 12.7 Å². The Labute approximate surface area is 130 Å². The van der Waals surface area contributed by atoms with Gasteiger partial charge in [-0.15, -0.1) is 0 Å². The van der Waals surface area contributed by atoms with Crippen molar-refractivity contribution in [3.8, 4) is 5.75 Å². The first-order chi connectivity index (χ1) is 10.7. The van der Waals surface area contributed by atoms with Crippen molar-refractivity contribution in [2.75, 3.05) is 6.61 Å². The summed E-state index contributed by atoms with van der Waals surface area (Å²) < 4.78 is 8.03. The number of benzene rings is 1. The van der Waals surface area contributed by atoms with Gasteiger partial charge in [0.25, 0.3) is 0 Å². The van der Waals surface area contributed by atoms with Crippen LogP contribution in [0.1, 0.15) is 30.0 Å². The number of hydrogen-bond acceptors (Lipinski definition) is 3. The predicted octanol–water partition coefficient (Wildman–Crippen LogP) is 3.32. The molecular formula is C18H20N2O2. The number of ether oxygens (including phenoxy) is 1. The Balaban J connectivity index is 1.86. The number of aliphatic hydroxyl groups is 1. The molecule has 4 heteroatoms. The number of rotatable bonds is 5. The molecular weight excluding hydrogens is 276 g/mol. The van der Waals surface area contributed by atoms with Gasteiger partial charge in [0.05, 0.1) is 5.69 Å². The van der Waals surface area contributed by atoms with Crippen LogP contribution in [0.3, 0.4) is 0 Å². The standard InChI is InChI=1S/C18H20N2O2/c1-13-17(9-11-21)19-18-12-16(8-10-20(13)18)22-14(2)15-6-4-3-5-7-15/h3-8,10,12,14,21H,9,11H2,1-2H3/t14-/m1/s1. The number of fused-ring (bicyclic) bond motifs is 1. The predicted molar refractivity (Wildman–Crippen MR) is 86.2 cm³/mol. The fourth-order valence-electron chi connectivity index (χ4n) is 2.61. The average molecular weight is 296 g/mol. The van der Waals surface area contributed by atoms with Crippen molar-refractivity contribution >= 4 is 5.65 Å². The molecule has 0 spiro atoms. The highest BCUT2D eigenvalue weighted by atomic mass is 16.5. The zero-order chi connectivity index (χ0) is 15.5. The topological polar surface area (TPSA) is 46.8 Å². The first kappa shape index (κ1) is 14.6. The Morgan fingerprint density at radius 1 is 1.23 bits per heavy atom. The molecule has 4 nitrogen and oxygen atoms in total. The lowest BCUT2D eigenvalue weighted by Crippen LogP contribution is -2.03. The van der Waals surface area contributed by atoms with Gasteiger partial charge in [-0.2, -0.15) is 0 Å². The Hall–Kier alpha value is -2.33. The minimum Gasteiger partial charge on any atom is -0.486 e. The van der Waals surface area contributed by atoms with Crippen molar-refractivity contribution in [3.63, 3.8) is 0 Å². The molecule has 0 aliphatic carbocycles. The Morgan fingerprint density at radius 3 is 2.73 bits per heavy atom. The van der Waals surface area contributed by atoms with E-state index in [1.807, 2.05) is 54.8 Å². The Morgan fingerprint density at radius 2 is 2.00 bits per heavy atom. The summed E-state index contributed by atoms with van der Waals surface area (Å²) >= 11 is 0. The third-order valence-corrected chi connectivity index (χ3v) is 3.87. The molecule has 0 unspecified atom stereocenters. The van der Waals surface area contributed by atoms with E-state index in [0.29, 0.717) is 6.42 Å². The second-order valence-electron chi connectivity index (χ2n) is 5.38. The highest BCUT2D eigenvalue weighted by Gasteiger charge is 2.11. The summed E-state index contributed by atoms with van der Waals surface area (Å²) in [7, 11) is 0. The van der Waals surface area contributed by atoms with Crippen molar-refractivity contribution in [2.45, 2.75) is 26.4 Å². The normalized spacial score (nSPS) is 12.5. The van der Waals surface area contributed by atoms with Crippen LogP contribution in [-0.2, 0) is 6.42 Å². The van der Waals surface area contributed by atoms with E-state index in [1.165, 1.54) is 0 Å². The number of aromatic nitrogens is 2. The van der Waals surface area contributed by atoms with Crippen LogP contribution in [0.2, 0.25) is 0 Å². The fraction of sp³-hybridized carbons (Fsp3) is 0.278. The molecule has 0 saturated carbocycles. The number of nitrogens with zero attached hydrogens (tertiary/aromatic N) is 2. The van der Waals surface area contributed by atoms with Crippen LogP contribution < -0.4 is 4.74 Å². The minimum absolute atomic E-state index is 0.0170. The molecule has 0 saturated heterocycles. The van der Waals surface area contributed by atoms with Gasteiger partial charge in [-0.1, -0.05) is 30.3 Å². The molecule has 0 fully saturated rings. The van der Waals surface area contributed by atoms with Gasteiger partial charge in [0.1, 0.15) is 17.5 Å². The lowest BCUT2D eigenvalue weighted by Gasteiger charge is -2.15.